The second-order valence-corrected chi connectivity index (χ2v) is 20.9. The number of cyclic esters (lactones) is 1. The van der Waals surface area contributed by atoms with Crippen molar-refractivity contribution < 1.29 is 33.4 Å². The van der Waals surface area contributed by atoms with Gasteiger partial charge in [-0.15, -0.1) is 11.3 Å². The second kappa shape index (κ2) is 20.5. The van der Waals surface area contributed by atoms with Gasteiger partial charge in [0.15, 0.2) is 0 Å². The highest BCUT2D eigenvalue weighted by molar-refractivity contribution is 7.10. The highest BCUT2D eigenvalue weighted by Gasteiger charge is 2.42. The summed E-state index contributed by atoms with van der Waals surface area (Å²) in [7, 11) is 3.29. The van der Waals surface area contributed by atoms with Crippen molar-refractivity contribution in [1.29, 1.82) is 0 Å². The average Bonchev–Trinajstić information content (AvgIpc) is 3.90. The number of rotatable bonds is 9. The van der Waals surface area contributed by atoms with Gasteiger partial charge in [0.2, 0.25) is 11.8 Å². The standard InChI is InChI=1S/C51H69N9O7S/c1-13-43(61)57-25-31(6)59(32(7)26-57)50(65)56(11)45(29(3)4)47(62)54-39-23-42-53-40(27-68-42)34-18-20-41-36(22-34)37(46(58(41)14-2)35-16-15-21-52-44(35)33(8)66-12)24-51(9,10)28-67-49(64)38-19-17-30(5)60(55-38)48(39)63/h13,15-16,18,20-22,27,29-33,38-39,45,55H,1,14,17,19,23-26,28H2,2-12H3,(H,54,62)/t30?,31-,32-,33+,38+,39+,45+/m1/s1. The number of nitrogens with one attached hydrogen (secondary N) is 2. The van der Waals surface area contributed by atoms with Gasteiger partial charge in [0.1, 0.15) is 18.1 Å². The lowest BCUT2D eigenvalue weighted by molar-refractivity contribution is -0.157. The fraction of sp³-hybridized carbons (Fsp3) is 0.549. The summed E-state index contributed by atoms with van der Waals surface area (Å²) in [5, 5.41) is 8.17. The van der Waals surface area contributed by atoms with E-state index in [4.69, 9.17) is 19.4 Å². The SMILES string of the molecule is C=CC(=O)N1C[C@@H](C)N(C(=O)N(C)[C@H](C(=O)N[C@H]2Cc3nc(cs3)-c3ccc4c(c3)c(c(-c3cccnc3[C@H](C)OC)n4CC)CC(C)(C)COC(=O)[C@@H]3CCC(C)N(N3)C2=O)C(C)C)[C@H](C)C1. The summed E-state index contributed by atoms with van der Waals surface area (Å²) in [5.41, 5.74) is 9.28. The Morgan fingerprint density at radius 1 is 1.09 bits per heavy atom. The number of benzene rings is 1. The van der Waals surface area contributed by atoms with Crippen molar-refractivity contribution in [3.05, 3.63) is 70.8 Å². The summed E-state index contributed by atoms with van der Waals surface area (Å²) in [6.07, 6.45) is 4.40. The first kappa shape index (κ1) is 50.2. The molecule has 3 aromatic heterocycles. The molecule has 7 atom stereocenters. The molecule has 366 valence electrons. The Morgan fingerprint density at radius 3 is 2.47 bits per heavy atom. The fourth-order valence-corrected chi connectivity index (χ4v) is 11.1. The monoisotopic (exact) mass is 952 g/mol. The number of nitrogens with zero attached hydrogens (tertiary/aromatic N) is 7. The molecule has 7 rings (SSSR count). The van der Waals surface area contributed by atoms with E-state index in [1.807, 2.05) is 53.0 Å². The number of esters is 1. The molecule has 0 aliphatic carbocycles. The van der Waals surface area contributed by atoms with Gasteiger partial charge in [0.05, 0.1) is 34.8 Å². The van der Waals surface area contributed by atoms with Crippen molar-refractivity contribution >= 4 is 52.0 Å². The van der Waals surface area contributed by atoms with Gasteiger partial charge >= 0.3 is 12.0 Å². The van der Waals surface area contributed by atoms with Crippen molar-refractivity contribution in [2.75, 3.05) is 33.9 Å². The molecule has 68 heavy (non-hydrogen) atoms. The van der Waals surface area contributed by atoms with E-state index in [2.05, 4.69) is 66.9 Å². The highest BCUT2D eigenvalue weighted by Crippen LogP contribution is 2.42. The minimum atomic E-state index is -1.11. The van der Waals surface area contributed by atoms with E-state index in [1.54, 1.807) is 30.2 Å². The van der Waals surface area contributed by atoms with Crippen LogP contribution in [-0.2, 0) is 48.0 Å². The second-order valence-electron chi connectivity index (χ2n) is 19.9. The maximum atomic E-state index is 14.9. The number of carbonyl (C=O) groups is 5. The van der Waals surface area contributed by atoms with Crippen LogP contribution in [0.25, 0.3) is 33.4 Å². The van der Waals surface area contributed by atoms with E-state index in [9.17, 15) is 24.0 Å². The lowest BCUT2D eigenvalue weighted by Crippen LogP contribution is -2.66. The van der Waals surface area contributed by atoms with E-state index in [0.29, 0.717) is 43.9 Å². The van der Waals surface area contributed by atoms with Crippen molar-refractivity contribution in [1.82, 2.24) is 45.0 Å². The molecule has 3 aliphatic rings. The molecule has 2 saturated heterocycles. The van der Waals surface area contributed by atoms with Gasteiger partial charge < -0.3 is 34.1 Å². The third-order valence-electron chi connectivity index (χ3n) is 13.8. The molecule has 0 spiro atoms. The number of piperazine rings is 1. The van der Waals surface area contributed by atoms with Crippen LogP contribution in [0.3, 0.4) is 0 Å². The van der Waals surface area contributed by atoms with Crippen LogP contribution in [0.2, 0.25) is 0 Å². The number of carbonyl (C=O) groups excluding carboxylic acids is 5. The van der Waals surface area contributed by atoms with Gasteiger partial charge in [-0.2, -0.15) is 0 Å². The minimum Gasteiger partial charge on any atom is -0.464 e. The molecular formula is C51H69N9O7S. The molecule has 0 radical (unpaired) electrons. The molecule has 6 heterocycles. The smallest absolute Gasteiger partial charge is 0.324 e. The quantitative estimate of drug-likeness (QED) is 0.135. The molecule has 1 aromatic carbocycles. The number of pyridine rings is 1. The van der Waals surface area contributed by atoms with Crippen LogP contribution >= 0.6 is 11.3 Å². The number of hydrazine groups is 1. The topological polar surface area (TPSA) is 172 Å². The van der Waals surface area contributed by atoms with Crippen LogP contribution < -0.4 is 10.7 Å². The fourth-order valence-electron chi connectivity index (χ4n) is 10.3. The Bertz CT molecular complexity index is 2540. The summed E-state index contributed by atoms with van der Waals surface area (Å²) >= 11 is 1.41. The third-order valence-corrected chi connectivity index (χ3v) is 14.7. The van der Waals surface area contributed by atoms with Crippen LogP contribution in [0.5, 0.6) is 0 Å². The highest BCUT2D eigenvalue weighted by atomic mass is 32.1. The molecule has 4 aromatic rings. The number of hydrogen-bond acceptors (Lipinski definition) is 11. The van der Waals surface area contributed by atoms with Crippen LogP contribution in [0, 0.1) is 11.3 Å². The Morgan fingerprint density at radius 2 is 1.81 bits per heavy atom. The number of amides is 5. The number of fused-ring (bicyclic) bond motifs is 6. The zero-order valence-electron chi connectivity index (χ0n) is 41.5. The van der Waals surface area contributed by atoms with Crippen LogP contribution in [0.1, 0.15) is 97.5 Å². The van der Waals surface area contributed by atoms with E-state index in [0.717, 1.165) is 44.7 Å². The van der Waals surface area contributed by atoms with E-state index < -0.39 is 41.3 Å². The molecule has 6 bridgehead atoms. The van der Waals surface area contributed by atoms with Crippen LogP contribution in [0.4, 0.5) is 4.79 Å². The number of methoxy groups -OCH3 is 1. The number of ether oxygens (including phenoxy) is 2. The maximum Gasteiger partial charge on any atom is 0.324 e. The summed E-state index contributed by atoms with van der Waals surface area (Å²) in [4.78, 5) is 85.2. The van der Waals surface area contributed by atoms with Gasteiger partial charge in [-0.3, -0.25) is 29.2 Å². The lowest BCUT2D eigenvalue weighted by Gasteiger charge is -2.46. The Labute approximate surface area is 404 Å². The zero-order valence-corrected chi connectivity index (χ0v) is 42.3. The number of thiazole rings is 1. The summed E-state index contributed by atoms with van der Waals surface area (Å²) in [6.45, 7) is 22.8. The molecule has 0 saturated carbocycles. The molecule has 17 heteroatoms. The maximum absolute atomic E-state index is 14.9. The summed E-state index contributed by atoms with van der Waals surface area (Å²) in [6, 6.07) is 6.21. The Kier molecular flexibility index (Phi) is 15.2. The predicted molar refractivity (Wildman–Crippen MR) is 263 cm³/mol. The van der Waals surface area contributed by atoms with Crippen LogP contribution in [-0.4, -0.2) is 134 Å². The minimum absolute atomic E-state index is 0.0601. The molecule has 3 aliphatic heterocycles. The van der Waals surface area contributed by atoms with Gasteiger partial charge in [-0.25, -0.2) is 15.2 Å². The first-order chi connectivity index (χ1) is 32.3. The van der Waals surface area contributed by atoms with E-state index in [1.165, 1.54) is 27.3 Å². The average molecular weight is 952 g/mol. The van der Waals surface area contributed by atoms with Crippen molar-refractivity contribution in [3.63, 3.8) is 0 Å². The van der Waals surface area contributed by atoms with Gasteiger partial charge in [0, 0.05) is 97.4 Å². The Hall–Kier alpha value is -5.65. The van der Waals surface area contributed by atoms with Crippen molar-refractivity contribution in [3.8, 4) is 22.5 Å². The van der Waals surface area contributed by atoms with Gasteiger partial charge in [0.25, 0.3) is 5.91 Å². The molecule has 5 amide bonds. The van der Waals surface area contributed by atoms with E-state index in [-0.39, 0.29) is 55.1 Å². The molecular weight excluding hydrogens is 883 g/mol. The van der Waals surface area contributed by atoms with Gasteiger partial charge in [-0.05, 0) is 95.7 Å². The van der Waals surface area contributed by atoms with Crippen LogP contribution in [0.15, 0.2) is 54.6 Å². The van der Waals surface area contributed by atoms with Gasteiger partial charge in [-0.1, -0.05) is 40.3 Å². The van der Waals surface area contributed by atoms with Crippen molar-refractivity contribution in [2.24, 2.45) is 11.3 Å². The summed E-state index contributed by atoms with van der Waals surface area (Å²) < 4.78 is 14.3. The molecule has 1 unspecified atom stereocenters. The number of urea groups is 1. The molecule has 16 nitrogen and oxygen atoms in total. The number of aryl methyl sites for hydroxylation is 1. The third kappa shape index (κ3) is 10.1. The summed E-state index contributed by atoms with van der Waals surface area (Å²) in [5.74, 6) is -1.93. The zero-order chi connectivity index (χ0) is 49.4. The van der Waals surface area contributed by atoms with Crippen molar-refractivity contribution in [2.45, 2.75) is 137 Å². The number of hydrogen-bond donors (Lipinski definition) is 2. The number of aromatic nitrogens is 3. The van der Waals surface area contributed by atoms with E-state index >= 15 is 0 Å². The largest absolute Gasteiger partial charge is 0.464 e. The predicted octanol–water partition coefficient (Wildman–Crippen LogP) is 6.77. The molecule has 2 N–H and O–H groups in total. The Balaban J connectivity index is 1.27. The first-order valence-corrected chi connectivity index (χ1v) is 24.8. The first-order valence-electron chi connectivity index (χ1n) is 23.9. The lowest BCUT2D eigenvalue weighted by atomic mass is 9.84. The number of likely N-dealkylation sites (N-methyl/N-ethyl adjacent to an activating group) is 1. The molecule has 2 fully saturated rings. The normalized spacial score (nSPS) is 23.2.